The van der Waals surface area contributed by atoms with Crippen molar-refractivity contribution in [2.24, 2.45) is 16.7 Å². The van der Waals surface area contributed by atoms with Gasteiger partial charge in [-0.1, -0.05) is 45.0 Å². The molecule has 11 nitrogen and oxygen atoms in total. The maximum absolute atomic E-state index is 13.0. The molecule has 5 amide bonds. The Kier molecular flexibility index (Phi) is 9.06. The lowest BCUT2D eigenvalue weighted by Crippen LogP contribution is -2.45. The van der Waals surface area contributed by atoms with Crippen LogP contribution in [-0.4, -0.2) is 77.3 Å². The van der Waals surface area contributed by atoms with E-state index in [2.05, 4.69) is 26.1 Å². The van der Waals surface area contributed by atoms with E-state index in [1.165, 1.54) is 0 Å². The Bertz CT molecular complexity index is 1510. The van der Waals surface area contributed by atoms with Crippen molar-refractivity contribution in [2.45, 2.75) is 72.5 Å². The summed E-state index contributed by atoms with van der Waals surface area (Å²) in [5, 5.41) is 2.85. The second kappa shape index (κ2) is 12.7. The summed E-state index contributed by atoms with van der Waals surface area (Å²) in [7, 11) is 0. The molecular formula is C35H41N3O8. The van der Waals surface area contributed by atoms with E-state index in [0.29, 0.717) is 35.2 Å². The molecule has 3 aliphatic rings. The highest BCUT2D eigenvalue weighted by Crippen LogP contribution is 2.49. The van der Waals surface area contributed by atoms with Gasteiger partial charge in [-0.2, -0.15) is 0 Å². The number of alkyl carbamates (subject to hydrolysis) is 1. The summed E-state index contributed by atoms with van der Waals surface area (Å²) >= 11 is 0. The summed E-state index contributed by atoms with van der Waals surface area (Å²) in [5.41, 5.74) is 0.950. The van der Waals surface area contributed by atoms with Crippen LogP contribution in [0.25, 0.3) is 0 Å². The van der Waals surface area contributed by atoms with Crippen molar-refractivity contribution >= 4 is 35.7 Å². The molecule has 0 radical (unpaired) electrons. The molecule has 2 aromatic carbocycles. The molecule has 2 aromatic rings. The number of nitrogens with one attached hydrogen (secondary N) is 1. The minimum Gasteiger partial charge on any atom is -0.461 e. The molecule has 1 fully saturated rings. The normalized spacial score (nSPS) is 23.1. The van der Waals surface area contributed by atoms with Crippen LogP contribution in [0.15, 0.2) is 48.5 Å². The molecule has 4 unspecified atom stereocenters. The molecule has 1 saturated carbocycles. The Balaban J connectivity index is 1.09. The van der Waals surface area contributed by atoms with Gasteiger partial charge in [0.05, 0.1) is 35.3 Å². The number of ether oxygens (including phenoxy) is 2. The van der Waals surface area contributed by atoms with Gasteiger partial charge in [0.25, 0.3) is 23.6 Å². The maximum Gasteiger partial charge on any atom is 0.407 e. The van der Waals surface area contributed by atoms with E-state index < -0.39 is 47.9 Å². The average Bonchev–Trinajstić information content (AvgIpc) is 3.35. The molecule has 11 heteroatoms. The lowest BCUT2D eigenvalue weighted by molar-refractivity contribution is -0.150. The van der Waals surface area contributed by atoms with E-state index >= 15 is 0 Å². The lowest BCUT2D eigenvalue weighted by Gasteiger charge is -2.46. The predicted molar refractivity (Wildman–Crippen MR) is 167 cm³/mol. The molecule has 46 heavy (non-hydrogen) atoms. The molecule has 5 rings (SSSR count). The number of benzene rings is 2. The number of rotatable bonds is 10. The van der Waals surface area contributed by atoms with E-state index in [4.69, 9.17) is 9.47 Å². The quantitative estimate of drug-likeness (QED) is 0.290. The van der Waals surface area contributed by atoms with Crippen molar-refractivity contribution in [2.75, 3.05) is 19.6 Å². The van der Waals surface area contributed by atoms with Gasteiger partial charge in [0.15, 0.2) is 0 Å². The topological polar surface area (TPSA) is 139 Å². The van der Waals surface area contributed by atoms with E-state index in [0.717, 1.165) is 22.6 Å². The molecule has 2 aliphatic heterocycles. The second-order valence-electron chi connectivity index (χ2n) is 14.0. The SMILES string of the molecule is CC(CN1C(=O)c2ccccc2C1=O)OC(=O)CC1CC(C)(C)CC(C)(CNC(=O)OC(C)CN2C(=O)c3ccccc3C2=O)C1. The number of imide groups is 2. The molecule has 2 heterocycles. The van der Waals surface area contributed by atoms with Gasteiger partial charge in [-0.25, -0.2) is 4.79 Å². The zero-order valence-electron chi connectivity index (χ0n) is 27.0. The molecule has 0 saturated heterocycles. The van der Waals surface area contributed by atoms with Crippen LogP contribution in [0.1, 0.15) is 102 Å². The minimum atomic E-state index is -0.720. The number of hydrogen-bond donors (Lipinski definition) is 1. The van der Waals surface area contributed by atoms with Gasteiger partial charge >= 0.3 is 12.1 Å². The second-order valence-corrected chi connectivity index (χ2v) is 14.0. The van der Waals surface area contributed by atoms with Crippen molar-refractivity contribution in [3.8, 4) is 0 Å². The van der Waals surface area contributed by atoms with E-state index in [-0.39, 0.29) is 36.3 Å². The summed E-state index contributed by atoms with van der Waals surface area (Å²) < 4.78 is 11.2. The van der Waals surface area contributed by atoms with Crippen LogP contribution in [0.2, 0.25) is 0 Å². The van der Waals surface area contributed by atoms with Crippen LogP contribution in [0.3, 0.4) is 0 Å². The number of carbonyl (C=O) groups excluding carboxylic acids is 6. The number of hydrogen-bond acceptors (Lipinski definition) is 8. The molecule has 4 atom stereocenters. The fourth-order valence-electron chi connectivity index (χ4n) is 7.55. The highest BCUT2D eigenvalue weighted by molar-refractivity contribution is 6.22. The molecule has 0 aromatic heterocycles. The van der Waals surface area contributed by atoms with Gasteiger partial charge in [0.1, 0.15) is 12.2 Å². The predicted octanol–water partition coefficient (Wildman–Crippen LogP) is 4.85. The fraction of sp³-hybridized carbons (Fsp3) is 0.486. The Hall–Kier alpha value is -4.54. The van der Waals surface area contributed by atoms with Gasteiger partial charge < -0.3 is 14.8 Å². The number of nitrogens with zero attached hydrogens (tertiary/aromatic N) is 2. The van der Waals surface area contributed by atoms with Crippen molar-refractivity contribution in [3.63, 3.8) is 0 Å². The third kappa shape index (κ3) is 6.98. The Morgan fingerprint density at radius 3 is 1.65 bits per heavy atom. The van der Waals surface area contributed by atoms with E-state index in [1.807, 2.05) is 0 Å². The van der Waals surface area contributed by atoms with Crippen LogP contribution in [-0.2, 0) is 14.3 Å². The number of fused-ring (bicyclic) bond motifs is 2. The first-order valence-corrected chi connectivity index (χ1v) is 15.7. The van der Waals surface area contributed by atoms with Gasteiger partial charge in [-0.3, -0.25) is 33.8 Å². The molecule has 1 aliphatic carbocycles. The summed E-state index contributed by atoms with van der Waals surface area (Å²) in [6, 6.07) is 13.2. The first-order valence-electron chi connectivity index (χ1n) is 15.7. The molecule has 0 spiro atoms. The number of esters is 1. The monoisotopic (exact) mass is 631 g/mol. The zero-order valence-corrected chi connectivity index (χ0v) is 27.0. The number of amides is 5. The maximum atomic E-state index is 13.0. The summed E-state index contributed by atoms with van der Waals surface area (Å²) in [6.45, 7) is 9.87. The van der Waals surface area contributed by atoms with E-state index in [9.17, 15) is 28.8 Å². The Morgan fingerprint density at radius 2 is 1.20 bits per heavy atom. The van der Waals surface area contributed by atoms with Crippen LogP contribution in [0.4, 0.5) is 4.79 Å². The van der Waals surface area contributed by atoms with Crippen LogP contribution < -0.4 is 5.32 Å². The standard InChI is InChI=1S/C35H41N3O8/c1-21(17-37-29(40)24-10-6-7-11-25(24)30(37)41)45-28(39)14-23-15-34(3,4)19-35(5,16-23)20-36-33(44)46-22(2)18-38-31(42)26-12-8-9-13-27(26)32(38)43/h6-13,21-23H,14-20H2,1-5H3,(H,36,44). The average molecular weight is 632 g/mol. The van der Waals surface area contributed by atoms with Gasteiger partial charge in [-0.05, 0) is 74.1 Å². The van der Waals surface area contributed by atoms with Crippen LogP contribution in [0.5, 0.6) is 0 Å². The van der Waals surface area contributed by atoms with Crippen molar-refractivity contribution < 1.29 is 38.2 Å². The summed E-state index contributed by atoms with van der Waals surface area (Å²) in [5.74, 6) is -2.00. The van der Waals surface area contributed by atoms with Crippen molar-refractivity contribution in [3.05, 3.63) is 70.8 Å². The van der Waals surface area contributed by atoms with E-state index in [1.54, 1.807) is 62.4 Å². The Labute approximate surface area is 268 Å². The van der Waals surface area contributed by atoms with Crippen molar-refractivity contribution in [1.29, 1.82) is 0 Å². The molecular weight excluding hydrogens is 590 g/mol. The molecule has 0 bridgehead atoms. The lowest BCUT2D eigenvalue weighted by atomic mass is 9.60. The minimum absolute atomic E-state index is 0.00155. The Morgan fingerprint density at radius 1 is 0.761 bits per heavy atom. The van der Waals surface area contributed by atoms with Gasteiger partial charge in [0.2, 0.25) is 0 Å². The third-order valence-corrected chi connectivity index (χ3v) is 8.92. The largest absolute Gasteiger partial charge is 0.461 e. The van der Waals surface area contributed by atoms with Crippen molar-refractivity contribution in [1.82, 2.24) is 15.1 Å². The first kappa shape index (κ1) is 32.8. The van der Waals surface area contributed by atoms with Crippen LogP contribution >= 0.6 is 0 Å². The molecule has 244 valence electrons. The van der Waals surface area contributed by atoms with Gasteiger partial charge in [-0.15, -0.1) is 0 Å². The fourth-order valence-corrected chi connectivity index (χ4v) is 7.55. The third-order valence-electron chi connectivity index (χ3n) is 8.92. The van der Waals surface area contributed by atoms with Gasteiger partial charge in [0, 0.05) is 13.0 Å². The smallest absolute Gasteiger partial charge is 0.407 e. The summed E-state index contributed by atoms with van der Waals surface area (Å²) in [4.78, 5) is 78.7. The highest BCUT2D eigenvalue weighted by atomic mass is 16.6. The zero-order chi connectivity index (χ0) is 33.4. The summed E-state index contributed by atoms with van der Waals surface area (Å²) in [6.07, 6.45) is 0.417. The molecule has 1 N–H and O–H groups in total. The highest BCUT2D eigenvalue weighted by Gasteiger charge is 2.43. The number of carbonyl (C=O) groups is 6. The first-order chi connectivity index (χ1) is 21.7. The van der Waals surface area contributed by atoms with Crippen LogP contribution in [0, 0.1) is 16.7 Å².